The SMILES string of the molecule is CC(NCc1ccccc1)Oc1ccc(Cl)cc1CN(C)C.Cl.Cl. The summed E-state index contributed by atoms with van der Waals surface area (Å²) in [6.07, 6.45) is -0.0812. The topological polar surface area (TPSA) is 24.5 Å². The van der Waals surface area contributed by atoms with Gasteiger partial charge < -0.3 is 9.64 Å². The zero-order valence-electron chi connectivity index (χ0n) is 14.2. The van der Waals surface area contributed by atoms with Gasteiger partial charge in [0.15, 0.2) is 0 Å². The van der Waals surface area contributed by atoms with Crippen LogP contribution in [-0.4, -0.2) is 25.2 Å². The van der Waals surface area contributed by atoms with Crippen LogP contribution in [0.4, 0.5) is 0 Å². The number of ether oxygens (including phenoxy) is 1. The summed E-state index contributed by atoms with van der Waals surface area (Å²) in [7, 11) is 4.06. The lowest BCUT2D eigenvalue weighted by atomic mass is 10.2. The van der Waals surface area contributed by atoms with E-state index in [1.54, 1.807) is 0 Å². The van der Waals surface area contributed by atoms with Gasteiger partial charge in [-0.15, -0.1) is 24.8 Å². The number of rotatable bonds is 7. The molecule has 1 atom stereocenters. The Morgan fingerprint density at radius 3 is 2.38 bits per heavy atom. The molecule has 134 valence electrons. The van der Waals surface area contributed by atoms with Crippen LogP contribution >= 0.6 is 36.4 Å². The molecule has 0 amide bonds. The molecule has 0 aromatic heterocycles. The van der Waals surface area contributed by atoms with E-state index < -0.39 is 0 Å². The van der Waals surface area contributed by atoms with Crippen LogP contribution < -0.4 is 10.1 Å². The minimum Gasteiger partial charge on any atom is -0.475 e. The molecule has 1 unspecified atom stereocenters. The van der Waals surface area contributed by atoms with Crippen LogP contribution in [0.5, 0.6) is 5.75 Å². The average Bonchev–Trinajstić information content (AvgIpc) is 2.48. The zero-order chi connectivity index (χ0) is 15.9. The van der Waals surface area contributed by atoms with E-state index in [1.165, 1.54) is 5.56 Å². The van der Waals surface area contributed by atoms with Gasteiger partial charge in [0.1, 0.15) is 12.0 Å². The maximum absolute atomic E-state index is 6.09. The maximum Gasteiger partial charge on any atom is 0.147 e. The van der Waals surface area contributed by atoms with E-state index in [9.17, 15) is 0 Å². The predicted octanol–water partition coefficient (Wildman–Crippen LogP) is 4.76. The third kappa shape index (κ3) is 7.73. The largest absolute Gasteiger partial charge is 0.475 e. The van der Waals surface area contributed by atoms with Crippen molar-refractivity contribution in [1.29, 1.82) is 0 Å². The van der Waals surface area contributed by atoms with Gasteiger partial charge in [0.2, 0.25) is 0 Å². The second-order valence-corrected chi connectivity index (χ2v) is 6.05. The normalized spacial score (nSPS) is 11.4. The summed E-state index contributed by atoms with van der Waals surface area (Å²) in [6, 6.07) is 16.0. The third-order valence-electron chi connectivity index (χ3n) is 3.25. The molecule has 3 nitrogen and oxygen atoms in total. The van der Waals surface area contributed by atoms with Gasteiger partial charge in [-0.1, -0.05) is 41.9 Å². The Morgan fingerprint density at radius 1 is 1.08 bits per heavy atom. The first-order valence-electron chi connectivity index (χ1n) is 7.41. The number of nitrogens with zero attached hydrogens (tertiary/aromatic N) is 1. The second kappa shape index (κ2) is 11.6. The van der Waals surface area contributed by atoms with Crippen LogP contribution in [-0.2, 0) is 13.1 Å². The fourth-order valence-corrected chi connectivity index (χ4v) is 2.41. The van der Waals surface area contributed by atoms with E-state index in [0.717, 1.165) is 29.4 Å². The fourth-order valence-electron chi connectivity index (χ4n) is 2.22. The average molecular weight is 392 g/mol. The minimum atomic E-state index is -0.0812. The van der Waals surface area contributed by atoms with Gasteiger partial charge >= 0.3 is 0 Å². The number of benzene rings is 2. The maximum atomic E-state index is 6.09. The predicted molar refractivity (Wildman–Crippen MR) is 107 cm³/mol. The van der Waals surface area contributed by atoms with Crippen LogP contribution in [0.3, 0.4) is 0 Å². The lowest BCUT2D eigenvalue weighted by Gasteiger charge is -2.20. The smallest absolute Gasteiger partial charge is 0.147 e. The highest BCUT2D eigenvalue weighted by atomic mass is 35.5. The van der Waals surface area contributed by atoms with Crippen molar-refractivity contribution in [2.45, 2.75) is 26.2 Å². The molecule has 1 N–H and O–H groups in total. The van der Waals surface area contributed by atoms with Crippen LogP contribution in [0, 0.1) is 0 Å². The zero-order valence-corrected chi connectivity index (χ0v) is 16.5. The molecule has 2 aromatic rings. The summed E-state index contributed by atoms with van der Waals surface area (Å²) >= 11 is 6.09. The summed E-state index contributed by atoms with van der Waals surface area (Å²) < 4.78 is 6.03. The van der Waals surface area contributed by atoms with Crippen molar-refractivity contribution in [2.24, 2.45) is 0 Å². The highest BCUT2D eigenvalue weighted by Crippen LogP contribution is 2.24. The Kier molecular flexibility index (Phi) is 11.1. The monoisotopic (exact) mass is 390 g/mol. The molecule has 0 saturated carbocycles. The van der Waals surface area contributed by atoms with Crippen molar-refractivity contribution >= 4 is 36.4 Å². The molecule has 2 rings (SSSR count). The van der Waals surface area contributed by atoms with E-state index in [4.69, 9.17) is 16.3 Å². The van der Waals surface area contributed by atoms with E-state index in [2.05, 4.69) is 22.3 Å². The molecule has 0 radical (unpaired) electrons. The van der Waals surface area contributed by atoms with Crippen LogP contribution in [0.25, 0.3) is 0 Å². The number of hydrogen-bond donors (Lipinski definition) is 1. The van der Waals surface area contributed by atoms with Gasteiger partial charge in [0, 0.05) is 23.7 Å². The van der Waals surface area contributed by atoms with Crippen molar-refractivity contribution < 1.29 is 4.74 Å². The number of hydrogen-bond acceptors (Lipinski definition) is 3. The summed E-state index contributed by atoms with van der Waals surface area (Å²) in [5.74, 6) is 0.867. The molecule has 2 aromatic carbocycles. The molecule has 0 aliphatic rings. The first-order valence-corrected chi connectivity index (χ1v) is 7.79. The van der Waals surface area contributed by atoms with Crippen molar-refractivity contribution in [3.8, 4) is 5.75 Å². The Hall–Kier alpha value is -0.970. The molecule has 0 fully saturated rings. The molecule has 0 aliphatic carbocycles. The molecule has 0 spiro atoms. The van der Waals surface area contributed by atoms with Crippen molar-refractivity contribution in [3.05, 3.63) is 64.7 Å². The molecule has 6 heteroatoms. The molecular weight excluding hydrogens is 367 g/mol. The highest BCUT2D eigenvalue weighted by Gasteiger charge is 2.10. The number of halogens is 3. The van der Waals surface area contributed by atoms with E-state index >= 15 is 0 Å². The van der Waals surface area contributed by atoms with E-state index in [0.29, 0.717) is 0 Å². The quantitative estimate of drug-likeness (QED) is 0.689. The van der Waals surface area contributed by atoms with Gasteiger partial charge in [-0.25, -0.2) is 0 Å². The van der Waals surface area contributed by atoms with E-state index in [1.807, 2.05) is 57.4 Å². The van der Waals surface area contributed by atoms with Gasteiger partial charge in [-0.05, 0) is 44.8 Å². The van der Waals surface area contributed by atoms with Crippen molar-refractivity contribution in [3.63, 3.8) is 0 Å². The highest BCUT2D eigenvalue weighted by molar-refractivity contribution is 6.30. The third-order valence-corrected chi connectivity index (χ3v) is 3.48. The summed E-state index contributed by atoms with van der Waals surface area (Å²) in [6.45, 7) is 3.58. The van der Waals surface area contributed by atoms with Crippen LogP contribution in [0.2, 0.25) is 5.02 Å². The van der Waals surface area contributed by atoms with E-state index in [-0.39, 0.29) is 31.0 Å². The Balaban J connectivity index is 0.00000264. The summed E-state index contributed by atoms with van der Waals surface area (Å²) in [5.41, 5.74) is 2.33. The first-order chi connectivity index (χ1) is 10.5. The van der Waals surface area contributed by atoms with Crippen molar-refractivity contribution in [1.82, 2.24) is 10.2 Å². The molecule has 0 heterocycles. The summed E-state index contributed by atoms with van der Waals surface area (Å²) in [4.78, 5) is 2.10. The molecular formula is C18H25Cl3N2O. The molecule has 0 saturated heterocycles. The lowest BCUT2D eigenvalue weighted by Crippen LogP contribution is -2.31. The molecule has 0 bridgehead atoms. The van der Waals surface area contributed by atoms with Gasteiger partial charge in [0.05, 0.1) is 0 Å². The van der Waals surface area contributed by atoms with Gasteiger partial charge in [-0.2, -0.15) is 0 Å². The Labute approximate surface area is 162 Å². The van der Waals surface area contributed by atoms with Crippen molar-refractivity contribution in [2.75, 3.05) is 14.1 Å². The second-order valence-electron chi connectivity index (χ2n) is 5.62. The first kappa shape index (κ1) is 23.0. The van der Waals surface area contributed by atoms with Crippen LogP contribution in [0.15, 0.2) is 48.5 Å². The van der Waals surface area contributed by atoms with Gasteiger partial charge in [0.25, 0.3) is 0 Å². The Morgan fingerprint density at radius 2 is 1.75 bits per heavy atom. The molecule has 24 heavy (non-hydrogen) atoms. The fraction of sp³-hybridized carbons (Fsp3) is 0.333. The van der Waals surface area contributed by atoms with Crippen LogP contribution in [0.1, 0.15) is 18.1 Å². The minimum absolute atomic E-state index is 0. The Bertz CT molecular complexity index is 594. The van der Waals surface area contributed by atoms with Gasteiger partial charge in [-0.3, -0.25) is 5.32 Å². The lowest BCUT2D eigenvalue weighted by molar-refractivity contribution is 0.177. The summed E-state index contributed by atoms with van der Waals surface area (Å²) in [5, 5.41) is 4.10. The molecule has 0 aliphatic heterocycles. The number of nitrogens with one attached hydrogen (secondary N) is 1. The standard InChI is InChI=1S/C18H23ClN2O.2ClH/c1-14(20-12-15-7-5-4-6-8-15)22-18-10-9-17(19)11-16(18)13-21(2)3;;/h4-11,14,20H,12-13H2,1-3H3;2*1H.